The van der Waals surface area contributed by atoms with Crippen molar-refractivity contribution in [1.82, 2.24) is 10.2 Å². The fourth-order valence-corrected chi connectivity index (χ4v) is 5.07. The average molecular weight is 577 g/mol. The lowest BCUT2D eigenvalue weighted by Crippen LogP contribution is -2.31. The zero-order valence-electron chi connectivity index (χ0n) is 23.8. The van der Waals surface area contributed by atoms with Gasteiger partial charge in [-0.2, -0.15) is 0 Å². The summed E-state index contributed by atoms with van der Waals surface area (Å²) < 4.78 is 10.7. The number of amides is 2. The Morgan fingerprint density at radius 2 is 1.68 bits per heavy atom. The molecule has 216 valence electrons. The van der Waals surface area contributed by atoms with E-state index < -0.39 is 0 Å². The average Bonchev–Trinajstić information content (AvgIpc) is 3.23. The largest absolute Gasteiger partial charge is 0.493 e. The summed E-state index contributed by atoms with van der Waals surface area (Å²) in [5.74, 6) is 0.786. The molecule has 0 aromatic heterocycles. The minimum absolute atomic E-state index is 0.223. The Balaban J connectivity index is 1.52. The number of nitrogens with zero attached hydrogens (tertiary/aromatic N) is 2. The number of hydrogen-bond donors (Lipinski definition) is 2. The standard InChI is InChI=1S/C32H37ClN4O4/c1-22(2)36-15-6-16-37(18-17-36)28-11-10-25(21-27(28)35-32(39)24-7-5-8-26(33)20-24)31(38)34-14-13-23-9-12-29(40-3)30(19-23)41-4/h5,7-12,19-21H,1,6,13-18H2,2-4H3,(H,34,38)(H,35,39). The first kappa shape index (κ1) is 29.8. The van der Waals surface area contributed by atoms with E-state index in [2.05, 4.69) is 27.0 Å². The SMILES string of the molecule is C=C(C)N1CCCN(c2ccc(C(=O)NCCc3ccc(OC)c(OC)c3)cc2NC(=O)c2cccc(Cl)c2)CC1. The first-order valence-corrected chi connectivity index (χ1v) is 14.0. The van der Waals surface area contributed by atoms with Crippen LogP contribution in [0.5, 0.6) is 11.5 Å². The maximum Gasteiger partial charge on any atom is 0.255 e. The number of hydrogen-bond acceptors (Lipinski definition) is 6. The van der Waals surface area contributed by atoms with Gasteiger partial charge in [0.05, 0.1) is 25.6 Å². The topological polar surface area (TPSA) is 83.1 Å². The summed E-state index contributed by atoms with van der Waals surface area (Å²) in [7, 11) is 3.19. The molecule has 8 nitrogen and oxygen atoms in total. The van der Waals surface area contributed by atoms with Crippen molar-refractivity contribution in [2.45, 2.75) is 19.8 Å². The van der Waals surface area contributed by atoms with Gasteiger partial charge in [0, 0.05) is 54.6 Å². The Bertz CT molecular complexity index is 1410. The van der Waals surface area contributed by atoms with Gasteiger partial charge in [0.25, 0.3) is 11.8 Å². The van der Waals surface area contributed by atoms with Gasteiger partial charge in [0.2, 0.25) is 0 Å². The molecule has 2 N–H and O–H groups in total. The van der Waals surface area contributed by atoms with Crippen LogP contribution < -0.4 is 25.0 Å². The molecule has 1 aliphatic rings. The molecule has 0 spiro atoms. The molecular formula is C32H37ClN4O4. The molecule has 1 saturated heterocycles. The second-order valence-corrected chi connectivity index (χ2v) is 10.4. The Morgan fingerprint density at radius 3 is 2.41 bits per heavy atom. The van der Waals surface area contributed by atoms with Crippen LogP contribution in [0.1, 0.15) is 39.6 Å². The quantitative estimate of drug-likeness (QED) is 0.326. The van der Waals surface area contributed by atoms with Crippen LogP contribution in [0.4, 0.5) is 11.4 Å². The zero-order valence-corrected chi connectivity index (χ0v) is 24.6. The van der Waals surface area contributed by atoms with Crippen LogP contribution >= 0.6 is 11.6 Å². The molecule has 1 heterocycles. The Hall–Kier alpha value is -4.17. The van der Waals surface area contributed by atoms with E-state index in [-0.39, 0.29) is 11.8 Å². The third-order valence-electron chi connectivity index (χ3n) is 7.12. The van der Waals surface area contributed by atoms with Crippen molar-refractivity contribution in [3.8, 4) is 11.5 Å². The molecule has 4 rings (SSSR count). The second kappa shape index (κ2) is 13.9. The van der Waals surface area contributed by atoms with Gasteiger partial charge in [-0.15, -0.1) is 0 Å². The van der Waals surface area contributed by atoms with Gasteiger partial charge in [-0.05, 0) is 73.9 Å². The van der Waals surface area contributed by atoms with Crippen molar-refractivity contribution >= 4 is 34.8 Å². The number of methoxy groups -OCH3 is 2. The fourth-order valence-electron chi connectivity index (χ4n) is 4.88. The van der Waals surface area contributed by atoms with Crippen LogP contribution in [0, 0.1) is 0 Å². The molecule has 0 saturated carbocycles. The van der Waals surface area contributed by atoms with E-state index in [4.69, 9.17) is 21.1 Å². The third kappa shape index (κ3) is 7.73. The lowest BCUT2D eigenvalue weighted by atomic mass is 10.1. The maximum absolute atomic E-state index is 13.2. The Morgan fingerprint density at radius 1 is 0.902 bits per heavy atom. The predicted octanol–water partition coefficient (Wildman–Crippen LogP) is 5.63. The predicted molar refractivity (Wildman–Crippen MR) is 165 cm³/mol. The minimum atomic E-state index is -0.293. The van der Waals surface area contributed by atoms with Gasteiger partial charge in [0.15, 0.2) is 11.5 Å². The highest BCUT2D eigenvalue weighted by atomic mass is 35.5. The molecule has 3 aromatic carbocycles. The Kier molecular flexibility index (Phi) is 10.1. The summed E-state index contributed by atoms with van der Waals surface area (Å²) in [5, 5.41) is 6.50. The van der Waals surface area contributed by atoms with Crippen LogP contribution in [0.2, 0.25) is 5.02 Å². The number of carbonyl (C=O) groups excluding carboxylic acids is 2. The molecule has 0 aliphatic carbocycles. The van der Waals surface area contributed by atoms with Gasteiger partial charge in [-0.3, -0.25) is 9.59 Å². The highest BCUT2D eigenvalue weighted by Crippen LogP contribution is 2.30. The first-order valence-electron chi connectivity index (χ1n) is 13.6. The number of halogens is 1. The summed E-state index contributed by atoms with van der Waals surface area (Å²) in [6.07, 6.45) is 1.57. The van der Waals surface area contributed by atoms with Gasteiger partial charge in [-0.1, -0.05) is 30.3 Å². The summed E-state index contributed by atoms with van der Waals surface area (Å²) >= 11 is 6.13. The van der Waals surface area contributed by atoms with Crippen molar-refractivity contribution in [3.05, 3.63) is 94.7 Å². The van der Waals surface area contributed by atoms with Gasteiger partial charge < -0.3 is 29.9 Å². The Labute approximate surface area is 246 Å². The molecule has 0 unspecified atom stereocenters. The molecule has 0 radical (unpaired) electrons. The summed E-state index contributed by atoms with van der Waals surface area (Å²) in [6.45, 7) is 9.89. The molecule has 1 aliphatic heterocycles. The number of allylic oxidation sites excluding steroid dienone is 1. The van der Waals surface area contributed by atoms with Crippen LogP contribution in [-0.2, 0) is 6.42 Å². The molecule has 0 bridgehead atoms. The molecule has 41 heavy (non-hydrogen) atoms. The van der Waals surface area contributed by atoms with E-state index >= 15 is 0 Å². The van der Waals surface area contributed by atoms with Crippen molar-refractivity contribution in [2.24, 2.45) is 0 Å². The van der Waals surface area contributed by atoms with Crippen LogP contribution in [0.3, 0.4) is 0 Å². The van der Waals surface area contributed by atoms with Crippen molar-refractivity contribution < 1.29 is 19.1 Å². The number of anilines is 2. The summed E-state index contributed by atoms with van der Waals surface area (Å²) in [6, 6.07) is 17.9. The number of nitrogens with one attached hydrogen (secondary N) is 2. The highest BCUT2D eigenvalue weighted by molar-refractivity contribution is 6.31. The fraction of sp³-hybridized carbons (Fsp3) is 0.312. The first-order chi connectivity index (χ1) is 19.8. The van der Waals surface area contributed by atoms with Gasteiger partial charge in [0.1, 0.15) is 0 Å². The molecular weight excluding hydrogens is 540 g/mol. The monoisotopic (exact) mass is 576 g/mol. The summed E-state index contributed by atoms with van der Waals surface area (Å²) in [5.41, 5.74) is 4.40. The number of carbonyl (C=O) groups is 2. The lowest BCUT2D eigenvalue weighted by molar-refractivity contribution is 0.0952. The maximum atomic E-state index is 13.2. The van der Waals surface area contributed by atoms with Crippen LogP contribution in [0.15, 0.2) is 72.9 Å². The smallest absolute Gasteiger partial charge is 0.255 e. The van der Waals surface area contributed by atoms with Crippen LogP contribution in [-0.4, -0.2) is 63.7 Å². The second-order valence-electron chi connectivity index (χ2n) is 9.95. The van der Waals surface area contributed by atoms with E-state index in [1.807, 2.05) is 31.2 Å². The van der Waals surface area contributed by atoms with E-state index in [0.29, 0.717) is 46.3 Å². The van der Waals surface area contributed by atoms with E-state index in [1.165, 1.54) is 0 Å². The lowest BCUT2D eigenvalue weighted by Gasteiger charge is -2.27. The van der Waals surface area contributed by atoms with Crippen molar-refractivity contribution in [3.63, 3.8) is 0 Å². The van der Waals surface area contributed by atoms with Crippen LogP contribution in [0.25, 0.3) is 0 Å². The number of rotatable bonds is 10. The molecule has 2 amide bonds. The third-order valence-corrected chi connectivity index (χ3v) is 7.35. The molecule has 0 atom stereocenters. The number of ether oxygens (including phenoxy) is 2. The van der Waals surface area contributed by atoms with Crippen molar-refractivity contribution in [1.29, 1.82) is 0 Å². The van der Waals surface area contributed by atoms with Crippen molar-refractivity contribution in [2.75, 3.05) is 57.2 Å². The zero-order chi connectivity index (χ0) is 29.4. The molecule has 3 aromatic rings. The van der Waals surface area contributed by atoms with E-state index in [9.17, 15) is 9.59 Å². The highest BCUT2D eigenvalue weighted by Gasteiger charge is 2.20. The number of benzene rings is 3. The van der Waals surface area contributed by atoms with E-state index in [0.717, 1.165) is 49.5 Å². The molecule has 1 fully saturated rings. The summed E-state index contributed by atoms with van der Waals surface area (Å²) in [4.78, 5) is 30.9. The normalized spacial score (nSPS) is 13.3. The molecule has 9 heteroatoms. The van der Waals surface area contributed by atoms with Gasteiger partial charge in [-0.25, -0.2) is 0 Å². The van der Waals surface area contributed by atoms with Gasteiger partial charge >= 0.3 is 0 Å². The minimum Gasteiger partial charge on any atom is -0.493 e. The van der Waals surface area contributed by atoms with E-state index in [1.54, 1.807) is 50.6 Å².